The highest BCUT2D eigenvalue weighted by molar-refractivity contribution is 7.89. The maximum absolute atomic E-state index is 12.2. The van der Waals surface area contributed by atoms with E-state index in [2.05, 4.69) is 14.7 Å². The lowest BCUT2D eigenvalue weighted by Crippen LogP contribution is -2.27. The number of sulfonamides is 1. The first kappa shape index (κ1) is 13.3. The van der Waals surface area contributed by atoms with Gasteiger partial charge in [0.05, 0.1) is 10.9 Å². The molecule has 1 atom stereocenters. The smallest absolute Gasteiger partial charge is 0.242 e. The fourth-order valence-electron chi connectivity index (χ4n) is 1.74. The minimum Gasteiger partial charge on any atom is -0.347 e. The Kier molecular flexibility index (Phi) is 3.56. The molecular weight excluding hydrogens is 270 g/mol. The quantitative estimate of drug-likeness (QED) is 0.903. The molecule has 2 heterocycles. The predicted molar refractivity (Wildman–Crippen MR) is 71.1 cm³/mol. The number of aromatic amines is 1. The van der Waals surface area contributed by atoms with Crippen LogP contribution in [0.15, 0.2) is 23.4 Å². The average molecular weight is 285 g/mol. The third-order valence-electron chi connectivity index (χ3n) is 2.55. The summed E-state index contributed by atoms with van der Waals surface area (Å²) in [4.78, 5) is 9.07. The lowest BCUT2D eigenvalue weighted by atomic mass is 10.3. The van der Waals surface area contributed by atoms with Crippen LogP contribution in [-0.4, -0.2) is 18.4 Å². The predicted octanol–water partition coefficient (Wildman–Crippen LogP) is 2.13. The highest BCUT2D eigenvalue weighted by Crippen LogP contribution is 2.25. The second kappa shape index (κ2) is 4.83. The van der Waals surface area contributed by atoms with Crippen LogP contribution in [0, 0.1) is 13.8 Å². The number of H-pyrrole nitrogens is 1. The van der Waals surface area contributed by atoms with Crippen LogP contribution in [0.5, 0.6) is 0 Å². The molecule has 0 fully saturated rings. The molecule has 0 saturated carbocycles. The van der Waals surface area contributed by atoms with E-state index in [1.54, 1.807) is 25.4 Å². The molecule has 0 aliphatic carbocycles. The zero-order valence-corrected chi connectivity index (χ0v) is 12.0. The van der Waals surface area contributed by atoms with Crippen molar-refractivity contribution in [3.05, 3.63) is 34.0 Å². The van der Waals surface area contributed by atoms with Gasteiger partial charge >= 0.3 is 0 Å². The Morgan fingerprint density at radius 3 is 2.67 bits per heavy atom. The molecule has 5 nitrogen and oxygen atoms in total. The Morgan fingerprint density at radius 1 is 1.44 bits per heavy atom. The number of imidazole rings is 1. The minimum absolute atomic E-state index is 0.350. The van der Waals surface area contributed by atoms with Gasteiger partial charge in [-0.05, 0) is 26.8 Å². The van der Waals surface area contributed by atoms with E-state index in [-0.39, 0.29) is 6.04 Å². The summed E-state index contributed by atoms with van der Waals surface area (Å²) in [6.07, 6.45) is 3.26. The Morgan fingerprint density at radius 2 is 2.17 bits per heavy atom. The minimum atomic E-state index is -3.49. The summed E-state index contributed by atoms with van der Waals surface area (Å²) in [5.74, 6) is 0.600. The van der Waals surface area contributed by atoms with Crippen LogP contribution in [-0.2, 0) is 10.0 Å². The molecule has 0 saturated heterocycles. The van der Waals surface area contributed by atoms with Gasteiger partial charge in [0.1, 0.15) is 5.82 Å². The van der Waals surface area contributed by atoms with Gasteiger partial charge in [-0.25, -0.2) is 18.1 Å². The first-order chi connectivity index (χ1) is 8.40. The van der Waals surface area contributed by atoms with Crippen LogP contribution in [0.3, 0.4) is 0 Å². The van der Waals surface area contributed by atoms with Crippen molar-refractivity contribution in [1.82, 2.24) is 14.7 Å². The van der Waals surface area contributed by atoms with Crippen LogP contribution in [0.1, 0.15) is 28.5 Å². The van der Waals surface area contributed by atoms with E-state index in [4.69, 9.17) is 0 Å². The molecule has 0 spiro atoms. The highest BCUT2D eigenvalue weighted by atomic mass is 32.2. The Hall–Kier alpha value is -1.18. The summed E-state index contributed by atoms with van der Waals surface area (Å²) >= 11 is 1.48. The fourth-order valence-corrected chi connectivity index (χ4v) is 4.50. The lowest BCUT2D eigenvalue weighted by molar-refractivity contribution is 0.561. The third-order valence-corrected chi connectivity index (χ3v) is 5.31. The van der Waals surface area contributed by atoms with E-state index in [1.807, 2.05) is 13.8 Å². The standard InChI is InChI=1S/C11H15N3O2S2/c1-7-6-10(9(3)17-7)18(15,16)14-8(2)11-12-4-5-13-11/h4-6,8,14H,1-3H3,(H,12,13). The van der Waals surface area contributed by atoms with E-state index in [9.17, 15) is 8.42 Å². The van der Waals surface area contributed by atoms with Crippen LogP contribution < -0.4 is 4.72 Å². The Bertz CT molecular complexity index is 629. The molecule has 2 N–H and O–H groups in total. The summed E-state index contributed by atoms with van der Waals surface area (Å²) in [5, 5.41) is 0. The Labute approximate surface area is 110 Å². The van der Waals surface area contributed by atoms with Crippen molar-refractivity contribution in [2.75, 3.05) is 0 Å². The van der Waals surface area contributed by atoms with Crippen LogP contribution in [0.25, 0.3) is 0 Å². The van der Waals surface area contributed by atoms with E-state index in [0.717, 1.165) is 9.75 Å². The summed E-state index contributed by atoms with van der Waals surface area (Å²) in [6, 6.07) is 1.31. The first-order valence-corrected chi connectivity index (χ1v) is 7.79. The van der Waals surface area contributed by atoms with Crippen LogP contribution in [0.4, 0.5) is 0 Å². The summed E-state index contributed by atoms with van der Waals surface area (Å²) in [5.41, 5.74) is 0. The number of hydrogen-bond acceptors (Lipinski definition) is 4. The van der Waals surface area contributed by atoms with Crippen LogP contribution in [0.2, 0.25) is 0 Å². The Balaban J connectivity index is 2.25. The van der Waals surface area contributed by atoms with Crippen molar-refractivity contribution < 1.29 is 8.42 Å². The van der Waals surface area contributed by atoms with E-state index in [1.165, 1.54) is 11.3 Å². The summed E-state index contributed by atoms with van der Waals surface area (Å²) < 4.78 is 27.1. The van der Waals surface area contributed by atoms with Gasteiger partial charge in [-0.1, -0.05) is 0 Å². The molecule has 2 aromatic rings. The van der Waals surface area contributed by atoms with Crippen molar-refractivity contribution in [2.45, 2.75) is 31.7 Å². The van der Waals surface area contributed by atoms with E-state index >= 15 is 0 Å². The molecular formula is C11H15N3O2S2. The lowest BCUT2D eigenvalue weighted by Gasteiger charge is -2.11. The zero-order chi connectivity index (χ0) is 13.3. The van der Waals surface area contributed by atoms with Crippen molar-refractivity contribution >= 4 is 21.4 Å². The number of aryl methyl sites for hydroxylation is 2. The van der Waals surface area contributed by atoms with Crippen LogP contribution >= 0.6 is 11.3 Å². The molecule has 1 unspecified atom stereocenters. The second-order valence-corrected chi connectivity index (χ2v) is 7.24. The molecule has 7 heteroatoms. The highest BCUT2D eigenvalue weighted by Gasteiger charge is 2.22. The molecule has 0 amide bonds. The fraction of sp³-hybridized carbons (Fsp3) is 0.364. The number of thiophene rings is 1. The van der Waals surface area contributed by atoms with Crippen molar-refractivity contribution in [2.24, 2.45) is 0 Å². The van der Waals surface area contributed by atoms with Gasteiger partial charge in [-0.15, -0.1) is 11.3 Å². The second-order valence-electron chi connectivity index (χ2n) is 4.09. The number of rotatable bonds is 4. The van der Waals surface area contributed by atoms with Gasteiger partial charge in [0, 0.05) is 22.1 Å². The maximum Gasteiger partial charge on any atom is 0.242 e. The SMILES string of the molecule is Cc1cc(S(=O)(=O)NC(C)c2ncc[nH]2)c(C)s1. The summed E-state index contributed by atoms with van der Waals surface area (Å²) in [7, 11) is -3.49. The molecule has 2 rings (SSSR count). The summed E-state index contributed by atoms with van der Waals surface area (Å²) in [6.45, 7) is 5.46. The largest absolute Gasteiger partial charge is 0.347 e. The van der Waals surface area contributed by atoms with Crippen molar-refractivity contribution in [3.8, 4) is 0 Å². The number of aromatic nitrogens is 2. The van der Waals surface area contributed by atoms with Gasteiger partial charge in [0.25, 0.3) is 0 Å². The van der Waals surface area contributed by atoms with E-state index in [0.29, 0.717) is 10.7 Å². The monoisotopic (exact) mass is 285 g/mol. The topological polar surface area (TPSA) is 74.8 Å². The molecule has 18 heavy (non-hydrogen) atoms. The van der Waals surface area contributed by atoms with Gasteiger partial charge in [-0.2, -0.15) is 0 Å². The molecule has 98 valence electrons. The number of nitrogens with one attached hydrogen (secondary N) is 2. The first-order valence-electron chi connectivity index (χ1n) is 5.49. The molecule has 2 aromatic heterocycles. The molecule has 0 aliphatic heterocycles. The number of nitrogens with zero attached hydrogens (tertiary/aromatic N) is 1. The molecule has 0 bridgehead atoms. The van der Waals surface area contributed by atoms with Gasteiger partial charge in [0.2, 0.25) is 10.0 Å². The normalized spacial score (nSPS) is 13.7. The van der Waals surface area contributed by atoms with Crippen molar-refractivity contribution in [1.29, 1.82) is 0 Å². The van der Waals surface area contributed by atoms with Gasteiger partial charge in [-0.3, -0.25) is 0 Å². The van der Waals surface area contributed by atoms with Crippen molar-refractivity contribution in [3.63, 3.8) is 0 Å². The molecule has 0 radical (unpaired) electrons. The van der Waals surface area contributed by atoms with Gasteiger partial charge in [0.15, 0.2) is 0 Å². The van der Waals surface area contributed by atoms with E-state index < -0.39 is 10.0 Å². The number of hydrogen-bond donors (Lipinski definition) is 2. The zero-order valence-electron chi connectivity index (χ0n) is 10.4. The molecule has 0 aromatic carbocycles. The average Bonchev–Trinajstić information content (AvgIpc) is 2.86. The third kappa shape index (κ3) is 2.63. The molecule has 0 aliphatic rings. The maximum atomic E-state index is 12.2. The van der Waals surface area contributed by atoms with Gasteiger partial charge < -0.3 is 4.98 Å².